The smallest absolute Gasteiger partial charge is 0.270 e. The van der Waals surface area contributed by atoms with Crippen LogP contribution in [0.25, 0.3) is 0 Å². The SMILES string of the molecule is CC(C)NS(=O)(=O)c1c[nH]c(C(=O)N2CCC3(CCNC3)CC2)c1.Cl. The number of aromatic nitrogens is 1. The summed E-state index contributed by atoms with van der Waals surface area (Å²) in [5, 5.41) is 3.41. The van der Waals surface area contributed by atoms with Gasteiger partial charge in [0, 0.05) is 31.9 Å². The van der Waals surface area contributed by atoms with Gasteiger partial charge in [0.1, 0.15) is 10.6 Å². The zero-order valence-corrected chi connectivity index (χ0v) is 16.3. The number of amides is 1. The van der Waals surface area contributed by atoms with Crippen molar-refractivity contribution in [2.24, 2.45) is 5.41 Å². The second-order valence-corrected chi connectivity index (χ2v) is 8.96. The van der Waals surface area contributed by atoms with E-state index in [1.165, 1.54) is 18.7 Å². The van der Waals surface area contributed by atoms with E-state index in [-0.39, 0.29) is 29.3 Å². The first-order valence-corrected chi connectivity index (χ1v) is 10.0. The van der Waals surface area contributed by atoms with Crippen molar-refractivity contribution in [2.75, 3.05) is 26.2 Å². The topological polar surface area (TPSA) is 94.3 Å². The van der Waals surface area contributed by atoms with E-state index in [1.807, 2.05) is 4.90 Å². The summed E-state index contributed by atoms with van der Waals surface area (Å²) in [6.07, 6.45) is 4.57. The Bertz CT molecular complexity index is 701. The lowest BCUT2D eigenvalue weighted by atomic mass is 9.78. The summed E-state index contributed by atoms with van der Waals surface area (Å²) in [5.41, 5.74) is 0.682. The molecule has 25 heavy (non-hydrogen) atoms. The van der Waals surface area contributed by atoms with Crippen molar-refractivity contribution in [3.05, 3.63) is 18.0 Å². The number of H-pyrrole nitrogens is 1. The zero-order valence-electron chi connectivity index (χ0n) is 14.7. The van der Waals surface area contributed by atoms with Crippen LogP contribution in [-0.2, 0) is 10.0 Å². The second kappa shape index (κ2) is 7.65. The van der Waals surface area contributed by atoms with Crippen LogP contribution in [0.1, 0.15) is 43.6 Å². The molecule has 142 valence electrons. The molecule has 2 saturated heterocycles. The first-order valence-electron chi connectivity index (χ1n) is 8.52. The predicted octanol–water partition coefficient (Wildman–Crippen LogP) is 1.34. The quantitative estimate of drug-likeness (QED) is 0.723. The lowest BCUT2D eigenvalue weighted by Gasteiger charge is -2.38. The monoisotopic (exact) mass is 390 g/mol. The summed E-state index contributed by atoms with van der Waals surface area (Å²) in [6, 6.07) is 1.23. The van der Waals surface area contributed by atoms with E-state index >= 15 is 0 Å². The van der Waals surface area contributed by atoms with E-state index in [2.05, 4.69) is 15.0 Å². The number of carbonyl (C=O) groups excluding carboxylic acids is 1. The predicted molar refractivity (Wildman–Crippen MR) is 98.6 cm³/mol. The standard InChI is InChI=1S/C16H26N4O3S.ClH/c1-12(2)19-24(22,23)13-9-14(18-10-13)15(21)20-7-4-16(5-8-20)3-6-17-11-16;/h9-10,12,17-19H,3-8,11H2,1-2H3;1H. The van der Waals surface area contributed by atoms with Crippen LogP contribution in [0.15, 0.2) is 17.2 Å². The molecule has 1 aromatic heterocycles. The normalized spacial score (nSPS) is 20.0. The third-order valence-electron chi connectivity index (χ3n) is 5.03. The van der Waals surface area contributed by atoms with Crippen molar-refractivity contribution in [3.8, 4) is 0 Å². The van der Waals surface area contributed by atoms with Crippen molar-refractivity contribution >= 4 is 28.3 Å². The van der Waals surface area contributed by atoms with Gasteiger partial charge in [0.25, 0.3) is 5.91 Å². The fourth-order valence-corrected chi connectivity index (χ4v) is 4.85. The number of aromatic amines is 1. The summed E-state index contributed by atoms with van der Waals surface area (Å²) < 4.78 is 26.8. The molecule has 0 atom stereocenters. The van der Waals surface area contributed by atoms with Crippen molar-refractivity contribution in [2.45, 2.75) is 44.0 Å². The van der Waals surface area contributed by atoms with Gasteiger partial charge in [-0.15, -0.1) is 12.4 Å². The molecule has 0 aliphatic carbocycles. The molecule has 3 heterocycles. The largest absolute Gasteiger partial charge is 0.356 e. The molecule has 0 radical (unpaired) electrons. The van der Waals surface area contributed by atoms with E-state index in [0.29, 0.717) is 11.1 Å². The maximum atomic E-state index is 12.6. The Morgan fingerprint density at radius 2 is 1.96 bits per heavy atom. The van der Waals surface area contributed by atoms with Crippen LogP contribution >= 0.6 is 12.4 Å². The fourth-order valence-electron chi connectivity index (χ4n) is 3.61. The minimum atomic E-state index is -3.58. The summed E-state index contributed by atoms with van der Waals surface area (Å²) in [4.78, 5) is 17.4. The van der Waals surface area contributed by atoms with E-state index < -0.39 is 10.0 Å². The van der Waals surface area contributed by atoms with Crippen LogP contribution in [0, 0.1) is 5.41 Å². The highest BCUT2D eigenvalue weighted by Gasteiger charge is 2.38. The van der Waals surface area contributed by atoms with E-state index in [0.717, 1.165) is 39.0 Å². The number of sulfonamides is 1. The van der Waals surface area contributed by atoms with Gasteiger partial charge in [-0.25, -0.2) is 13.1 Å². The van der Waals surface area contributed by atoms with Crippen molar-refractivity contribution in [1.82, 2.24) is 19.9 Å². The Hall–Kier alpha value is -1.09. The summed E-state index contributed by atoms with van der Waals surface area (Å²) in [7, 11) is -3.58. The van der Waals surface area contributed by atoms with E-state index in [9.17, 15) is 13.2 Å². The van der Waals surface area contributed by atoms with E-state index in [4.69, 9.17) is 0 Å². The molecule has 1 amide bonds. The van der Waals surface area contributed by atoms with Gasteiger partial charge in [-0.05, 0) is 51.1 Å². The molecule has 3 N–H and O–H groups in total. The molecule has 0 unspecified atom stereocenters. The average Bonchev–Trinajstić information content (AvgIpc) is 3.16. The number of piperidine rings is 1. The van der Waals surface area contributed by atoms with Gasteiger partial charge in [0.15, 0.2) is 0 Å². The number of hydrogen-bond donors (Lipinski definition) is 3. The van der Waals surface area contributed by atoms with Crippen molar-refractivity contribution in [3.63, 3.8) is 0 Å². The highest BCUT2D eigenvalue weighted by atomic mass is 35.5. The van der Waals surface area contributed by atoms with Gasteiger partial charge in [0.05, 0.1) is 0 Å². The molecule has 7 nitrogen and oxygen atoms in total. The Balaban J connectivity index is 0.00000225. The summed E-state index contributed by atoms with van der Waals surface area (Å²) in [6.45, 7) is 7.09. The van der Waals surface area contributed by atoms with Crippen LogP contribution < -0.4 is 10.0 Å². The van der Waals surface area contributed by atoms with Gasteiger partial charge in [-0.1, -0.05) is 0 Å². The van der Waals surface area contributed by atoms with Crippen LogP contribution in [0.3, 0.4) is 0 Å². The van der Waals surface area contributed by atoms with Crippen LogP contribution in [-0.4, -0.2) is 56.4 Å². The molecule has 0 saturated carbocycles. The van der Waals surface area contributed by atoms with Gasteiger partial charge in [-0.2, -0.15) is 0 Å². The molecule has 2 aliphatic heterocycles. The molecular formula is C16H27ClN4O3S. The van der Waals surface area contributed by atoms with Gasteiger partial charge in [-0.3, -0.25) is 4.79 Å². The number of rotatable bonds is 4. The Morgan fingerprint density at radius 1 is 1.28 bits per heavy atom. The lowest BCUT2D eigenvalue weighted by Crippen LogP contribution is -2.44. The molecule has 2 aliphatic rings. The maximum Gasteiger partial charge on any atom is 0.270 e. The van der Waals surface area contributed by atoms with Gasteiger partial charge in [0.2, 0.25) is 10.0 Å². The summed E-state index contributed by atoms with van der Waals surface area (Å²) >= 11 is 0. The van der Waals surface area contributed by atoms with Crippen LogP contribution in [0.4, 0.5) is 0 Å². The van der Waals surface area contributed by atoms with Gasteiger partial charge >= 0.3 is 0 Å². The number of likely N-dealkylation sites (tertiary alicyclic amines) is 1. The number of halogens is 1. The number of nitrogens with zero attached hydrogens (tertiary/aromatic N) is 1. The molecule has 3 rings (SSSR count). The fraction of sp³-hybridized carbons (Fsp3) is 0.688. The van der Waals surface area contributed by atoms with Crippen molar-refractivity contribution < 1.29 is 13.2 Å². The number of hydrogen-bond acceptors (Lipinski definition) is 4. The maximum absolute atomic E-state index is 12.6. The molecular weight excluding hydrogens is 364 g/mol. The highest BCUT2D eigenvalue weighted by molar-refractivity contribution is 7.89. The minimum absolute atomic E-state index is 0. The molecule has 2 fully saturated rings. The average molecular weight is 391 g/mol. The third-order valence-corrected chi connectivity index (χ3v) is 6.67. The Labute approximate surface area is 155 Å². The number of nitrogens with one attached hydrogen (secondary N) is 3. The van der Waals surface area contributed by atoms with Crippen LogP contribution in [0.5, 0.6) is 0 Å². The molecule has 1 aromatic rings. The zero-order chi connectivity index (χ0) is 17.4. The second-order valence-electron chi connectivity index (χ2n) is 7.24. The molecule has 0 bridgehead atoms. The van der Waals surface area contributed by atoms with Crippen LogP contribution in [0.2, 0.25) is 0 Å². The Kier molecular flexibility index (Phi) is 6.19. The molecule has 0 aromatic carbocycles. The molecule has 9 heteroatoms. The first-order chi connectivity index (χ1) is 11.3. The lowest BCUT2D eigenvalue weighted by molar-refractivity contribution is 0.0602. The van der Waals surface area contributed by atoms with Crippen molar-refractivity contribution in [1.29, 1.82) is 0 Å². The van der Waals surface area contributed by atoms with E-state index in [1.54, 1.807) is 13.8 Å². The minimum Gasteiger partial charge on any atom is -0.356 e. The van der Waals surface area contributed by atoms with Gasteiger partial charge < -0.3 is 15.2 Å². The Morgan fingerprint density at radius 3 is 2.52 bits per heavy atom. The summed E-state index contributed by atoms with van der Waals surface area (Å²) in [5.74, 6) is -0.123. The highest BCUT2D eigenvalue weighted by Crippen LogP contribution is 2.37. The third kappa shape index (κ3) is 4.36. The first kappa shape index (κ1) is 20.2. The number of carbonyl (C=O) groups is 1. The molecule has 1 spiro atoms.